The molecule has 1 aliphatic carbocycles. The van der Waals surface area contributed by atoms with Crippen LogP contribution in [0.15, 0.2) is 15.3 Å². The summed E-state index contributed by atoms with van der Waals surface area (Å²) < 4.78 is 27.6. The molecule has 1 aliphatic rings. The molecule has 2 N–H and O–H groups in total. The third kappa shape index (κ3) is 2.97. The average Bonchev–Trinajstić information content (AvgIpc) is 3.04. The van der Waals surface area contributed by atoms with E-state index in [1.807, 2.05) is 0 Å². The third-order valence-corrected chi connectivity index (χ3v) is 3.70. The zero-order valence-electron chi connectivity index (χ0n) is 9.63. The number of primary amides is 1. The molecule has 8 heteroatoms. The lowest BCUT2D eigenvalue weighted by molar-refractivity contribution is 0.0821. The van der Waals surface area contributed by atoms with Crippen molar-refractivity contribution in [1.29, 1.82) is 0 Å². The number of alkyl halides is 3. The van der Waals surface area contributed by atoms with Gasteiger partial charge in [-0.2, -0.15) is 8.78 Å². The van der Waals surface area contributed by atoms with E-state index in [0.717, 1.165) is 23.5 Å². The molecule has 1 saturated carbocycles. The number of aromatic nitrogens is 1. The van der Waals surface area contributed by atoms with Crippen LogP contribution in [-0.4, -0.2) is 10.5 Å². The Morgan fingerprint density at radius 3 is 2.58 bits per heavy atom. The van der Waals surface area contributed by atoms with Crippen LogP contribution in [0.5, 0.6) is 0 Å². The summed E-state index contributed by atoms with van der Waals surface area (Å²) in [5, 5.41) is -3.71. The summed E-state index contributed by atoms with van der Waals surface area (Å²) in [5.41, 5.74) is 3.25. The Balaban J connectivity index is 2.68. The first-order valence-electron chi connectivity index (χ1n) is 5.52. The summed E-state index contributed by atoms with van der Waals surface area (Å²) in [4.78, 5) is 23.2. The Morgan fingerprint density at radius 2 is 2.16 bits per heavy atom. The molecule has 0 bridgehead atoms. The highest BCUT2D eigenvalue weighted by molar-refractivity contribution is 9.10. The van der Waals surface area contributed by atoms with E-state index in [1.165, 1.54) is 0 Å². The highest BCUT2D eigenvalue weighted by atomic mass is 79.9. The zero-order valence-corrected chi connectivity index (χ0v) is 12.0. The number of hydrogen-bond donors (Lipinski definition) is 1. The summed E-state index contributed by atoms with van der Waals surface area (Å²) in [5.74, 6) is -0.801. The fourth-order valence-corrected chi connectivity index (χ4v) is 2.84. The molecule has 1 heterocycles. The van der Waals surface area contributed by atoms with Crippen molar-refractivity contribution in [3.63, 3.8) is 0 Å². The maximum absolute atomic E-state index is 13.4. The van der Waals surface area contributed by atoms with Crippen molar-refractivity contribution in [3.05, 3.63) is 32.2 Å². The summed E-state index contributed by atoms with van der Waals surface area (Å²) >= 11 is 7.95. The van der Waals surface area contributed by atoms with Crippen LogP contribution >= 0.6 is 27.5 Å². The molecule has 0 aromatic carbocycles. The lowest BCUT2D eigenvalue weighted by Gasteiger charge is -2.18. The number of hydrogen-bond acceptors (Lipinski definition) is 2. The molecule has 0 atom stereocenters. The summed E-state index contributed by atoms with van der Waals surface area (Å²) in [6.07, 6.45) is 1.72. The van der Waals surface area contributed by atoms with Gasteiger partial charge in [0.1, 0.15) is 11.3 Å². The predicted molar refractivity (Wildman–Crippen MR) is 69.4 cm³/mol. The quantitative estimate of drug-likeness (QED) is 0.843. The lowest BCUT2D eigenvalue weighted by atomic mass is 10.2. The molecular weight excluding hydrogens is 345 g/mol. The SMILES string of the molecule is NC(=O)c1cc(Br)c(C(F)(F)Cl)n(CC2CC2)c1=O. The normalized spacial score (nSPS) is 15.6. The molecule has 0 radical (unpaired) electrons. The minimum atomic E-state index is -3.71. The van der Waals surface area contributed by atoms with Gasteiger partial charge in [-0.1, -0.05) is 0 Å². The van der Waals surface area contributed by atoms with E-state index in [2.05, 4.69) is 15.9 Å². The Bertz CT molecular complexity index is 594. The number of carbonyl (C=O) groups excluding carboxylic acids is 1. The highest BCUT2D eigenvalue weighted by Crippen LogP contribution is 2.38. The highest BCUT2D eigenvalue weighted by Gasteiger charge is 2.37. The second kappa shape index (κ2) is 4.86. The average molecular weight is 356 g/mol. The summed E-state index contributed by atoms with van der Waals surface area (Å²) in [6, 6.07) is 0.986. The van der Waals surface area contributed by atoms with Gasteiger partial charge in [0.2, 0.25) is 0 Å². The molecule has 1 aromatic rings. The van der Waals surface area contributed by atoms with Crippen LogP contribution in [0.4, 0.5) is 8.78 Å². The van der Waals surface area contributed by atoms with Crippen LogP contribution in [0, 0.1) is 5.92 Å². The molecule has 0 spiro atoms. The van der Waals surface area contributed by atoms with Gasteiger partial charge in [0, 0.05) is 11.0 Å². The zero-order chi connectivity index (χ0) is 14.4. The Morgan fingerprint density at radius 1 is 1.58 bits per heavy atom. The number of nitrogens with zero attached hydrogens (tertiary/aromatic N) is 1. The molecule has 0 unspecified atom stereocenters. The monoisotopic (exact) mass is 354 g/mol. The maximum atomic E-state index is 13.4. The van der Waals surface area contributed by atoms with Crippen molar-refractivity contribution in [2.45, 2.75) is 24.8 Å². The van der Waals surface area contributed by atoms with E-state index >= 15 is 0 Å². The number of nitrogens with two attached hydrogens (primary N) is 1. The first-order chi connectivity index (χ1) is 8.71. The van der Waals surface area contributed by atoms with E-state index in [1.54, 1.807) is 0 Å². The standard InChI is InChI=1S/C11H10BrClF2N2O2/c12-7-3-6(9(16)18)10(19)17(4-5-1-2-5)8(7)11(13,14)15/h3,5H,1-2,4H2,(H2,16,18). The molecule has 1 aromatic heterocycles. The van der Waals surface area contributed by atoms with Gasteiger partial charge < -0.3 is 10.3 Å². The molecule has 0 aliphatic heterocycles. The van der Waals surface area contributed by atoms with Gasteiger partial charge in [-0.15, -0.1) is 0 Å². The van der Waals surface area contributed by atoms with Crippen molar-refractivity contribution >= 4 is 33.4 Å². The number of rotatable bonds is 4. The van der Waals surface area contributed by atoms with Crippen molar-refractivity contribution in [3.8, 4) is 0 Å². The fraction of sp³-hybridized carbons (Fsp3) is 0.455. The second-order valence-corrected chi connectivity index (χ2v) is 5.80. The molecule has 19 heavy (non-hydrogen) atoms. The van der Waals surface area contributed by atoms with Crippen LogP contribution in [-0.2, 0) is 11.9 Å². The minimum absolute atomic E-state index is 0.107. The topological polar surface area (TPSA) is 65.1 Å². The lowest BCUT2D eigenvalue weighted by Crippen LogP contribution is -2.34. The number of carbonyl (C=O) groups is 1. The minimum Gasteiger partial charge on any atom is -0.365 e. The first-order valence-corrected chi connectivity index (χ1v) is 6.69. The van der Waals surface area contributed by atoms with Crippen molar-refractivity contribution in [2.24, 2.45) is 11.7 Å². The van der Waals surface area contributed by atoms with Crippen LogP contribution in [0.3, 0.4) is 0 Å². The smallest absolute Gasteiger partial charge is 0.364 e. The van der Waals surface area contributed by atoms with Crippen LogP contribution in [0.25, 0.3) is 0 Å². The Hall–Kier alpha value is -0.950. The second-order valence-electron chi connectivity index (χ2n) is 4.48. The maximum Gasteiger partial charge on any atom is 0.364 e. The number of halogens is 4. The van der Waals surface area contributed by atoms with Crippen molar-refractivity contribution in [1.82, 2.24) is 4.57 Å². The van der Waals surface area contributed by atoms with Gasteiger partial charge in [0.15, 0.2) is 0 Å². The molecule has 1 amide bonds. The van der Waals surface area contributed by atoms with Gasteiger partial charge in [-0.25, -0.2) is 0 Å². The predicted octanol–water partition coefficient (Wildman–Crippen LogP) is 2.41. The van der Waals surface area contributed by atoms with Crippen molar-refractivity contribution < 1.29 is 13.6 Å². The fourth-order valence-electron chi connectivity index (χ4n) is 1.83. The van der Waals surface area contributed by atoms with Crippen molar-refractivity contribution in [2.75, 3.05) is 0 Å². The van der Waals surface area contributed by atoms with Gasteiger partial charge in [-0.05, 0) is 52.4 Å². The number of amides is 1. The molecule has 4 nitrogen and oxygen atoms in total. The van der Waals surface area contributed by atoms with E-state index in [4.69, 9.17) is 17.3 Å². The molecule has 0 saturated heterocycles. The van der Waals surface area contributed by atoms with E-state index in [0.29, 0.717) is 0 Å². The van der Waals surface area contributed by atoms with E-state index < -0.39 is 22.5 Å². The number of pyridine rings is 1. The van der Waals surface area contributed by atoms with Gasteiger partial charge >= 0.3 is 5.38 Å². The van der Waals surface area contributed by atoms with Crippen LogP contribution in [0.1, 0.15) is 28.9 Å². The van der Waals surface area contributed by atoms with Crippen LogP contribution < -0.4 is 11.3 Å². The molecule has 1 fully saturated rings. The molecule has 2 rings (SSSR count). The van der Waals surface area contributed by atoms with Gasteiger partial charge in [0.05, 0.1) is 0 Å². The first kappa shape index (κ1) is 14.5. The summed E-state index contributed by atoms with van der Waals surface area (Å²) in [6.45, 7) is 0.107. The summed E-state index contributed by atoms with van der Waals surface area (Å²) in [7, 11) is 0. The van der Waals surface area contributed by atoms with E-state index in [9.17, 15) is 18.4 Å². The van der Waals surface area contributed by atoms with Crippen LogP contribution in [0.2, 0.25) is 0 Å². The molecular formula is C11H10BrClF2N2O2. The van der Waals surface area contributed by atoms with Gasteiger partial charge in [-0.3, -0.25) is 9.59 Å². The Kier molecular flexibility index (Phi) is 3.70. The molecule has 104 valence electrons. The van der Waals surface area contributed by atoms with Gasteiger partial charge in [0.25, 0.3) is 11.5 Å². The largest absolute Gasteiger partial charge is 0.365 e. The van der Waals surface area contributed by atoms with E-state index in [-0.39, 0.29) is 22.5 Å². The third-order valence-electron chi connectivity index (χ3n) is 2.91. The Labute approximate surface area is 120 Å².